The number of nitrogens with one attached hydrogen (secondary N) is 1. The second kappa shape index (κ2) is 6.97. The molecule has 1 N–H and O–H groups in total. The van der Waals surface area contributed by atoms with Gasteiger partial charge in [0.1, 0.15) is 5.60 Å². The molecule has 3 heterocycles. The van der Waals surface area contributed by atoms with Gasteiger partial charge >= 0.3 is 6.03 Å². The summed E-state index contributed by atoms with van der Waals surface area (Å²) in [7, 11) is 0. The van der Waals surface area contributed by atoms with Gasteiger partial charge in [-0.05, 0) is 35.6 Å². The normalized spacial score (nSPS) is 22.3. The van der Waals surface area contributed by atoms with Crippen LogP contribution in [0.15, 0.2) is 42.6 Å². The largest absolute Gasteiger partial charge is 0.364 e. The highest BCUT2D eigenvalue weighted by atomic mass is 16.5. The summed E-state index contributed by atoms with van der Waals surface area (Å²) in [4.78, 5) is 19.4. The molecule has 2 aliphatic heterocycles. The van der Waals surface area contributed by atoms with Crippen molar-refractivity contribution in [1.82, 2.24) is 15.2 Å². The molecule has 5 heteroatoms. The van der Waals surface area contributed by atoms with E-state index in [0.29, 0.717) is 19.7 Å². The van der Waals surface area contributed by atoms with Crippen molar-refractivity contribution in [2.45, 2.75) is 45.4 Å². The quantitative estimate of drug-likeness (QED) is 0.897. The van der Waals surface area contributed by atoms with Crippen molar-refractivity contribution >= 4 is 6.03 Å². The smallest absolute Gasteiger partial charge is 0.318 e. The first kappa shape index (κ1) is 18.0. The van der Waals surface area contributed by atoms with Crippen LogP contribution in [0.1, 0.15) is 48.7 Å². The summed E-state index contributed by atoms with van der Waals surface area (Å²) in [5, 5.41) is 3.21. The molecule has 1 spiro atoms. The summed E-state index contributed by atoms with van der Waals surface area (Å²) in [5.74, 6) is 0.252. The van der Waals surface area contributed by atoms with Gasteiger partial charge in [-0.15, -0.1) is 0 Å². The zero-order valence-corrected chi connectivity index (χ0v) is 16.2. The zero-order chi connectivity index (χ0) is 19.0. The molecule has 2 atom stereocenters. The van der Waals surface area contributed by atoms with Crippen LogP contribution in [0.5, 0.6) is 0 Å². The fourth-order valence-corrected chi connectivity index (χ4v) is 4.28. The maximum atomic E-state index is 13.0. The average molecular weight is 365 g/mol. The third-order valence-electron chi connectivity index (χ3n) is 5.82. The molecule has 0 aliphatic carbocycles. The molecule has 0 bridgehead atoms. The van der Waals surface area contributed by atoms with Crippen molar-refractivity contribution in [1.29, 1.82) is 0 Å². The predicted octanol–water partition coefficient (Wildman–Crippen LogP) is 3.93. The lowest BCUT2D eigenvalue weighted by atomic mass is 9.92. The molecule has 0 saturated carbocycles. The molecule has 2 aromatic rings. The van der Waals surface area contributed by atoms with E-state index in [-0.39, 0.29) is 23.6 Å². The number of fused-ring (bicyclic) bond motifs is 2. The summed E-state index contributed by atoms with van der Waals surface area (Å²) in [6.45, 7) is 8.20. The molecule has 4 rings (SSSR count). The van der Waals surface area contributed by atoms with Crippen molar-refractivity contribution in [2.75, 3.05) is 13.1 Å². The average Bonchev–Trinajstić information content (AvgIpc) is 3.26. The van der Waals surface area contributed by atoms with Crippen LogP contribution in [0, 0.1) is 12.8 Å². The molecule has 2 amide bonds. The summed E-state index contributed by atoms with van der Waals surface area (Å²) in [6, 6.07) is 12.2. The number of aromatic nitrogens is 1. The SMILES string of the molecule is Cc1cccnc1C(NC(=O)N1CCC2(C1)OCc1ccccc12)C(C)C. The van der Waals surface area contributed by atoms with Crippen molar-refractivity contribution in [3.63, 3.8) is 0 Å². The van der Waals surface area contributed by atoms with Crippen molar-refractivity contribution in [3.8, 4) is 0 Å². The van der Waals surface area contributed by atoms with Crippen LogP contribution in [0.3, 0.4) is 0 Å². The van der Waals surface area contributed by atoms with Gasteiger partial charge in [-0.2, -0.15) is 0 Å². The number of nitrogens with zero attached hydrogens (tertiary/aromatic N) is 2. The molecule has 142 valence electrons. The minimum Gasteiger partial charge on any atom is -0.364 e. The third-order valence-corrected chi connectivity index (χ3v) is 5.82. The third kappa shape index (κ3) is 3.21. The van der Waals surface area contributed by atoms with Gasteiger partial charge in [0.2, 0.25) is 0 Å². The topological polar surface area (TPSA) is 54.5 Å². The van der Waals surface area contributed by atoms with Crippen LogP contribution in [0.4, 0.5) is 4.79 Å². The van der Waals surface area contributed by atoms with E-state index < -0.39 is 0 Å². The number of amides is 2. The maximum Gasteiger partial charge on any atom is 0.318 e. The number of pyridine rings is 1. The summed E-state index contributed by atoms with van der Waals surface area (Å²) in [6.07, 6.45) is 2.63. The molecule has 1 aromatic carbocycles. The van der Waals surface area contributed by atoms with E-state index in [0.717, 1.165) is 17.7 Å². The number of ether oxygens (including phenoxy) is 1. The monoisotopic (exact) mass is 365 g/mol. The second-order valence-electron chi connectivity index (χ2n) is 7.99. The number of benzene rings is 1. The summed E-state index contributed by atoms with van der Waals surface area (Å²) >= 11 is 0. The Labute approximate surface area is 160 Å². The molecule has 27 heavy (non-hydrogen) atoms. The van der Waals surface area contributed by atoms with Gasteiger partial charge in [-0.25, -0.2) is 4.79 Å². The van der Waals surface area contributed by atoms with Crippen LogP contribution < -0.4 is 5.32 Å². The number of hydrogen-bond acceptors (Lipinski definition) is 3. The molecule has 1 saturated heterocycles. The highest BCUT2D eigenvalue weighted by Crippen LogP contribution is 2.43. The zero-order valence-electron chi connectivity index (χ0n) is 16.2. The van der Waals surface area contributed by atoms with Gasteiger partial charge in [0.15, 0.2) is 0 Å². The Kier molecular flexibility index (Phi) is 4.64. The number of likely N-dealkylation sites (tertiary alicyclic amines) is 1. The van der Waals surface area contributed by atoms with Crippen LogP contribution >= 0.6 is 0 Å². The van der Waals surface area contributed by atoms with Crippen molar-refractivity contribution in [2.24, 2.45) is 5.92 Å². The van der Waals surface area contributed by atoms with Crippen LogP contribution in [0.2, 0.25) is 0 Å². The fourth-order valence-electron chi connectivity index (χ4n) is 4.28. The highest BCUT2D eigenvalue weighted by Gasteiger charge is 2.47. The summed E-state index contributed by atoms with van der Waals surface area (Å²) < 4.78 is 6.17. The van der Waals surface area contributed by atoms with E-state index in [1.165, 1.54) is 11.1 Å². The number of aryl methyl sites for hydroxylation is 1. The van der Waals surface area contributed by atoms with Gasteiger partial charge in [0.25, 0.3) is 0 Å². The van der Waals surface area contributed by atoms with Crippen molar-refractivity contribution in [3.05, 3.63) is 65.0 Å². The number of rotatable bonds is 3. The van der Waals surface area contributed by atoms with Gasteiger partial charge in [-0.1, -0.05) is 44.2 Å². The molecular weight excluding hydrogens is 338 g/mol. The van der Waals surface area contributed by atoms with Gasteiger partial charge in [-0.3, -0.25) is 4.98 Å². The molecule has 1 fully saturated rings. The Morgan fingerprint density at radius 1 is 1.26 bits per heavy atom. The fraction of sp³-hybridized carbons (Fsp3) is 0.455. The van der Waals surface area contributed by atoms with E-state index in [4.69, 9.17) is 4.74 Å². The van der Waals surface area contributed by atoms with E-state index in [9.17, 15) is 4.79 Å². The Morgan fingerprint density at radius 2 is 2.07 bits per heavy atom. The van der Waals surface area contributed by atoms with Crippen LogP contribution in [0.25, 0.3) is 0 Å². The molecular formula is C22H27N3O2. The van der Waals surface area contributed by atoms with Crippen molar-refractivity contribution < 1.29 is 9.53 Å². The van der Waals surface area contributed by atoms with Gasteiger partial charge in [0.05, 0.1) is 24.9 Å². The minimum absolute atomic E-state index is 0.0383. The lowest BCUT2D eigenvalue weighted by Gasteiger charge is -2.28. The molecule has 2 aliphatic rings. The van der Waals surface area contributed by atoms with Gasteiger partial charge in [0, 0.05) is 19.2 Å². The first-order valence-electron chi connectivity index (χ1n) is 9.69. The minimum atomic E-state index is -0.345. The second-order valence-corrected chi connectivity index (χ2v) is 7.99. The van der Waals surface area contributed by atoms with E-state index in [1.54, 1.807) is 6.20 Å². The number of carbonyl (C=O) groups is 1. The lowest BCUT2D eigenvalue weighted by Crippen LogP contribution is -2.43. The number of urea groups is 1. The number of hydrogen-bond donors (Lipinski definition) is 1. The molecule has 0 radical (unpaired) electrons. The Hall–Kier alpha value is -2.40. The predicted molar refractivity (Wildman–Crippen MR) is 104 cm³/mol. The maximum absolute atomic E-state index is 13.0. The van der Waals surface area contributed by atoms with E-state index >= 15 is 0 Å². The first-order valence-corrected chi connectivity index (χ1v) is 9.69. The van der Waals surface area contributed by atoms with Crippen LogP contribution in [-0.2, 0) is 16.9 Å². The Morgan fingerprint density at radius 3 is 2.85 bits per heavy atom. The molecule has 5 nitrogen and oxygen atoms in total. The lowest BCUT2D eigenvalue weighted by molar-refractivity contribution is -0.0273. The highest BCUT2D eigenvalue weighted by molar-refractivity contribution is 5.75. The Balaban J connectivity index is 1.50. The summed E-state index contributed by atoms with van der Waals surface area (Å²) in [5.41, 5.74) is 4.17. The molecule has 2 unspecified atom stereocenters. The van der Waals surface area contributed by atoms with Crippen LogP contribution in [-0.4, -0.2) is 29.0 Å². The molecule has 1 aromatic heterocycles. The van der Waals surface area contributed by atoms with E-state index in [1.807, 2.05) is 30.0 Å². The van der Waals surface area contributed by atoms with E-state index in [2.05, 4.69) is 42.3 Å². The first-order chi connectivity index (χ1) is 13.0. The Bertz CT molecular complexity index is 851. The van der Waals surface area contributed by atoms with Gasteiger partial charge < -0.3 is 15.0 Å². The standard InChI is InChI=1S/C22H27N3O2/c1-15(2)19(20-16(3)7-6-11-23-20)24-21(26)25-12-10-22(14-25)18-9-5-4-8-17(18)13-27-22/h4-9,11,15,19H,10,12-14H2,1-3H3,(H,24,26). The number of carbonyl (C=O) groups excluding carboxylic acids is 1.